The highest BCUT2D eigenvalue weighted by atomic mass is 32.5. The molecule has 0 spiro atoms. The molecule has 2 aliphatic rings. The van der Waals surface area contributed by atoms with Gasteiger partial charge in [-0.05, 0) is 35.7 Å². The number of carbonyl (C=O) groups excluding carboxylic acids is 1. The average Bonchev–Trinajstić information content (AvgIpc) is 4.07. The number of aromatic nitrogens is 8. The van der Waals surface area contributed by atoms with Crippen LogP contribution in [-0.2, 0) is 60.2 Å². The van der Waals surface area contributed by atoms with Crippen molar-refractivity contribution in [1.29, 1.82) is 10.5 Å². The van der Waals surface area contributed by atoms with E-state index in [1.165, 1.54) is 17.0 Å². The zero-order chi connectivity index (χ0) is 45.4. The van der Waals surface area contributed by atoms with Crippen LogP contribution in [0, 0.1) is 22.7 Å². The van der Waals surface area contributed by atoms with Crippen molar-refractivity contribution in [3.63, 3.8) is 0 Å². The van der Waals surface area contributed by atoms with Crippen molar-refractivity contribution in [2.45, 2.75) is 62.1 Å². The molecule has 2 saturated heterocycles. The van der Waals surface area contributed by atoms with Crippen molar-refractivity contribution >= 4 is 71.1 Å². The third-order valence-electron chi connectivity index (χ3n) is 9.43. The molecule has 3 N–H and O–H groups in total. The van der Waals surface area contributed by atoms with E-state index in [2.05, 4.69) is 41.8 Å². The van der Waals surface area contributed by atoms with Crippen LogP contribution >= 0.6 is 13.4 Å². The number of hydrogen-bond donors (Lipinski definition) is 3. The molecule has 7 rings (SSSR count). The molecule has 64 heavy (non-hydrogen) atoms. The summed E-state index contributed by atoms with van der Waals surface area (Å²) in [5.74, 6) is -0.479. The third kappa shape index (κ3) is 10.3. The maximum atomic E-state index is 17.1. The number of imidazole rings is 2. The number of nitriles is 2. The fourth-order valence-corrected chi connectivity index (χ4v) is 10.7. The molecule has 1 amide bonds. The molecule has 10 atom stereocenters. The molecule has 0 saturated carbocycles. The number of halogens is 2. The number of carbonyl (C=O) groups is 1. The number of rotatable bonds is 21. The molecule has 2 fully saturated rings. The molecule has 4 aromatic heterocycles. The highest BCUT2D eigenvalue weighted by Crippen LogP contribution is 2.57. The van der Waals surface area contributed by atoms with Crippen LogP contribution in [0.25, 0.3) is 22.3 Å². The number of fused-ring (bicyclic) bond motifs is 2. The summed E-state index contributed by atoms with van der Waals surface area (Å²) in [4.78, 5) is 48.5. The quantitative estimate of drug-likeness (QED) is 0.0533. The topological polar surface area (TPSA) is 278 Å². The van der Waals surface area contributed by atoms with Crippen molar-refractivity contribution in [3.8, 4) is 12.1 Å². The Morgan fingerprint density at radius 3 is 2.11 bits per heavy atom. The van der Waals surface area contributed by atoms with Crippen LogP contribution in [0.4, 0.5) is 14.6 Å². The Morgan fingerprint density at radius 1 is 0.891 bits per heavy atom. The van der Waals surface area contributed by atoms with Crippen LogP contribution in [0.1, 0.15) is 35.7 Å². The van der Waals surface area contributed by atoms with Gasteiger partial charge in [0, 0.05) is 5.56 Å². The number of amides is 1. The number of aliphatic hydroxyl groups excluding tert-OH is 1. The van der Waals surface area contributed by atoms with E-state index in [-0.39, 0.29) is 60.8 Å². The summed E-state index contributed by atoms with van der Waals surface area (Å²) >= 11 is 11.3. The second kappa shape index (κ2) is 21.0. The number of anilines is 1. The van der Waals surface area contributed by atoms with Gasteiger partial charge in [0.25, 0.3) is 11.5 Å². The van der Waals surface area contributed by atoms with Crippen molar-refractivity contribution in [1.82, 2.24) is 39.0 Å². The van der Waals surface area contributed by atoms with E-state index >= 15 is 8.78 Å². The Balaban J connectivity index is 1.18. The first-order chi connectivity index (χ1) is 30.9. The number of H-pyrrole nitrogens is 1. The molecule has 6 unspecified atom stereocenters. The summed E-state index contributed by atoms with van der Waals surface area (Å²) in [7, 11) is 0. The van der Waals surface area contributed by atoms with Gasteiger partial charge in [0.1, 0.15) is 30.7 Å². The van der Waals surface area contributed by atoms with Gasteiger partial charge in [-0.3, -0.25) is 27.8 Å². The van der Waals surface area contributed by atoms with E-state index in [1.807, 2.05) is 12.1 Å². The van der Waals surface area contributed by atoms with E-state index in [9.17, 15) is 20.0 Å². The van der Waals surface area contributed by atoms with Gasteiger partial charge in [0.15, 0.2) is 52.9 Å². The average molecular weight is 964 g/mol. The second-order valence-electron chi connectivity index (χ2n) is 13.5. The minimum atomic E-state index is -4.21. The standard InChI is InChI=1S/C36H37F2N11O11P2S2/c1-2-12-53-61(63,54-13-6-10-39)60-29-23(58-36(25(29)38)48-19-45-26-30(41-17-42-31(26)48)47-33(51)21-8-4-3-5-9-21)16-56-62(64,55-14-7-11-40)59-28-22(15-50)57-35(24(28)37)49-20-46-27-32(49)43-18-44-34(27)52/h2-5,8-9,17-20,22-25,28-29,35-36,50H,1,6-7,12-16H2,(H,43,44,52)(H,41,42,47,51)/t22?,23?,24-,25-,28-,29-,35?,36?,61?,62?/m1/s1. The lowest BCUT2D eigenvalue weighted by molar-refractivity contribution is -0.0532. The third-order valence-corrected chi connectivity index (χ3v) is 14.1. The monoisotopic (exact) mass is 963 g/mol. The molecule has 28 heteroatoms. The number of aromatic amines is 1. The molecule has 2 aliphatic heterocycles. The van der Waals surface area contributed by atoms with E-state index in [0.29, 0.717) is 5.56 Å². The molecule has 6 heterocycles. The van der Waals surface area contributed by atoms with Crippen molar-refractivity contribution in [2.75, 3.05) is 38.4 Å². The molecule has 338 valence electrons. The van der Waals surface area contributed by atoms with Gasteiger partial charge in [-0.1, -0.05) is 24.3 Å². The Hall–Kier alpha value is -4.89. The summed E-state index contributed by atoms with van der Waals surface area (Å²) in [5, 5.41) is 31.4. The fraction of sp³-hybridized carbons (Fsp3) is 0.417. The molecule has 22 nitrogen and oxygen atoms in total. The molecule has 5 aromatic rings. The van der Waals surface area contributed by atoms with Crippen LogP contribution in [-0.4, -0.2) is 120 Å². The van der Waals surface area contributed by atoms with E-state index < -0.39 is 87.3 Å². The Morgan fingerprint density at radius 2 is 1.48 bits per heavy atom. The highest BCUT2D eigenvalue weighted by molar-refractivity contribution is 8.07. The van der Waals surface area contributed by atoms with Gasteiger partial charge >= 0.3 is 13.4 Å². The normalized spacial score (nSPS) is 25.1. The maximum absolute atomic E-state index is 17.1. The number of benzene rings is 1. The smallest absolute Gasteiger partial charge is 0.327 e. The summed E-state index contributed by atoms with van der Waals surface area (Å²) < 4.78 is 83.4. The first-order valence-corrected chi connectivity index (χ1v) is 24.2. The van der Waals surface area contributed by atoms with Crippen LogP contribution < -0.4 is 10.9 Å². The predicted octanol–water partition coefficient (Wildman–Crippen LogP) is 3.97. The Kier molecular flexibility index (Phi) is 15.4. The zero-order valence-electron chi connectivity index (χ0n) is 33.1. The Bertz CT molecular complexity index is 2710. The van der Waals surface area contributed by atoms with Crippen LogP contribution in [0.2, 0.25) is 0 Å². The van der Waals surface area contributed by atoms with Gasteiger partial charge in [-0.25, -0.2) is 33.7 Å². The van der Waals surface area contributed by atoms with Crippen molar-refractivity contribution < 1.29 is 55.3 Å². The van der Waals surface area contributed by atoms with Gasteiger partial charge in [-0.2, -0.15) is 10.5 Å². The zero-order valence-corrected chi connectivity index (χ0v) is 36.5. The SMILES string of the molecule is C=CCOP(=S)(OCCC#N)O[C@@H]1C(COP(=S)(OCCC#N)O[C@@H]2C(CO)OC(n3cnc4c(=O)[nH]cnc43)[C@@H]2F)OC(n2cnc3c(NC(=O)c4ccccc4)ncnc32)[C@@H]1F. The number of nitrogens with zero attached hydrogens (tertiary/aromatic N) is 9. The molecular weight excluding hydrogens is 927 g/mol. The van der Waals surface area contributed by atoms with Crippen LogP contribution in [0.5, 0.6) is 0 Å². The number of alkyl halides is 2. The van der Waals surface area contributed by atoms with Crippen molar-refractivity contribution in [3.05, 3.63) is 84.2 Å². The van der Waals surface area contributed by atoms with E-state index in [1.54, 1.807) is 30.3 Å². The van der Waals surface area contributed by atoms with Gasteiger partial charge in [0.05, 0.1) is 77.0 Å². The van der Waals surface area contributed by atoms with Crippen molar-refractivity contribution in [2.24, 2.45) is 0 Å². The van der Waals surface area contributed by atoms with Gasteiger partial charge in [0.2, 0.25) is 0 Å². The van der Waals surface area contributed by atoms with Crippen LogP contribution in [0.3, 0.4) is 0 Å². The second-order valence-corrected chi connectivity index (χ2v) is 19.4. The number of hydrogen-bond acceptors (Lipinski definition) is 20. The molecule has 0 aliphatic carbocycles. The van der Waals surface area contributed by atoms with Gasteiger partial charge in [-0.15, -0.1) is 6.58 Å². The summed E-state index contributed by atoms with van der Waals surface area (Å²) in [6.07, 6.45) is -7.87. The maximum Gasteiger partial charge on any atom is 0.327 e. The largest absolute Gasteiger partial charge is 0.394 e. The summed E-state index contributed by atoms with van der Waals surface area (Å²) in [6, 6.07) is 12.1. The van der Waals surface area contributed by atoms with E-state index in [0.717, 1.165) is 23.5 Å². The predicted molar refractivity (Wildman–Crippen MR) is 225 cm³/mol. The Labute approximate surface area is 371 Å². The minimum Gasteiger partial charge on any atom is -0.394 e. The first-order valence-electron chi connectivity index (χ1n) is 19.1. The molecular formula is C36H37F2N11O11P2S2. The van der Waals surface area contributed by atoms with Gasteiger partial charge < -0.3 is 43.0 Å². The molecule has 0 radical (unpaired) electrons. The lowest BCUT2D eigenvalue weighted by atomic mass is 10.1. The minimum absolute atomic E-state index is 0.0156. The molecule has 1 aromatic carbocycles. The van der Waals surface area contributed by atoms with Crippen LogP contribution in [0.15, 0.2) is 73.1 Å². The molecule has 0 bridgehead atoms. The number of aliphatic hydroxyl groups is 1. The van der Waals surface area contributed by atoms with E-state index in [4.69, 9.17) is 65.5 Å². The fourth-order valence-electron chi connectivity index (χ4n) is 6.53. The lowest BCUT2D eigenvalue weighted by Crippen LogP contribution is -2.36. The highest BCUT2D eigenvalue weighted by Gasteiger charge is 2.53. The summed E-state index contributed by atoms with van der Waals surface area (Å²) in [6.45, 7) is -6.70. The number of nitrogens with one attached hydrogen (secondary N) is 2. The summed E-state index contributed by atoms with van der Waals surface area (Å²) in [5.41, 5.74) is -0.251. The number of ether oxygens (including phenoxy) is 2. The lowest BCUT2D eigenvalue weighted by Gasteiger charge is -2.30. The first kappa shape index (κ1) is 47.1.